The van der Waals surface area contributed by atoms with Gasteiger partial charge >= 0.3 is 0 Å². The van der Waals surface area contributed by atoms with Crippen LogP contribution in [-0.4, -0.2) is 18.0 Å². The lowest BCUT2D eigenvalue weighted by Gasteiger charge is -2.19. The number of hydrogen-bond acceptors (Lipinski definition) is 3. The fourth-order valence-corrected chi connectivity index (χ4v) is 2.36. The standard InChI is InChI=1S/C13H17ClN2O2S/c1-7(2)11(12(15)19)13(17)16-8-4-5-10(18-3)9(14)6-8/h4-7,11H,1-3H3,(H2,15,19)(H,16,17). The molecule has 0 saturated carbocycles. The first-order chi connectivity index (χ1) is 8.86. The van der Waals surface area contributed by atoms with Crippen molar-refractivity contribution >= 4 is 40.4 Å². The Morgan fingerprint density at radius 2 is 2.11 bits per heavy atom. The molecule has 0 aliphatic rings. The molecule has 0 bridgehead atoms. The average Bonchev–Trinajstić information content (AvgIpc) is 2.27. The molecule has 1 unspecified atom stereocenters. The van der Waals surface area contributed by atoms with Gasteiger partial charge in [0, 0.05) is 5.69 Å². The highest BCUT2D eigenvalue weighted by molar-refractivity contribution is 7.80. The van der Waals surface area contributed by atoms with Gasteiger partial charge in [0.05, 0.1) is 23.0 Å². The van der Waals surface area contributed by atoms with Crippen molar-refractivity contribution in [2.45, 2.75) is 13.8 Å². The molecule has 0 saturated heterocycles. The summed E-state index contributed by atoms with van der Waals surface area (Å²) in [6.07, 6.45) is 0. The van der Waals surface area contributed by atoms with Crippen LogP contribution in [0.4, 0.5) is 5.69 Å². The maximum atomic E-state index is 12.1. The summed E-state index contributed by atoms with van der Waals surface area (Å²) in [5, 5.41) is 3.18. The normalized spacial score (nSPS) is 12.1. The van der Waals surface area contributed by atoms with Crippen molar-refractivity contribution in [2.75, 3.05) is 12.4 Å². The summed E-state index contributed by atoms with van der Waals surface area (Å²) >= 11 is 10.9. The zero-order valence-corrected chi connectivity index (χ0v) is 12.6. The Kier molecular flexibility index (Phi) is 5.57. The summed E-state index contributed by atoms with van der Waals surface area (Å²) in [5.74, 6) is -0.153. The molecule has 0 aliphatic carbocycles. The number of benzene rings is 1. The number of amides is 1. The Balaban J connectivity index is 2.87. The Morgan fingerprint density at radius 1 is 1.47 bits per heavy atom. The van der Waals surface area contributed by atoms with Crippen molar-refractivity contribution in [3.05, 3.63) is 23.2 Å². The number of halogens is 1. The highest BCUT2D eigenvalue weighted by atomic mass is 35.5. The van der Waals surface area contributed by atoms with Gasteiger partial charge in [0.1, 0.15) is 5.75 Å². The lowest BCUT2D eigenvalue weighted by Crippen LogP contribution is -2.36. The van der Waals surface area contributed by atoms with Crippen LogP contribution in [0, 0.1) is 11.8 Å². The van der Waals surface area contributed by atoms with Gasteiger partial charge in [-0.25, -0.2) is 0 Å². The lowest BCUT2D eigenvalue weighted by molar-refractivity contribution is -0.118. The first kappa shape index (κ1) is 15.7. The first-order valence-electron chi connectivity index (χ1n) is 5.80. The molecule has 0 fully saturated rings. The maximum Gasteiger partial charge on any atom is 0.234 e. The van der Waals surface area contributed by atoms with Gasteiger partial charge in [-0.1, -0.05) is 37.7 Å². The van der Waals surface area contributed by atoms with Crippen LogP contribution in [0.15, 0.2) is 18.2 Å². The van der Waals surface area contributed by atoms with Crippen LogP contribution in [-0.2, 0) is 4.79 Å². The van der Waals surface area contributed by atoms with E-state index in [2.05, 4.69) is 5.32 Å². The van der Waals surface area contributed by atoms with E-state index in [1.165, 1.54) is 7.11 Å². The van der Waals surface area contributed by atoms with Crippen molar-refractivity contribution in [1.82, 2.24) is 0 Å². The van der Waals surface area contributed by atoms with E-state index in [0.717, 1.165) is 0 Å². The number of anilines is 1. The van der Waals surface area contributed by atoms with Crippen LogP contribution in [0.2, 0.25) is 5.02 Å². The minimum absolute atomic E-state index is 0.0335. The highest BCUT2D eigenvalue weighted by Crippen LogP contribution is 2.27. The molecule has 1 amide bonds. The van der Waals surface area contributed by atoms with Crippen molar-refractivity contribution in [3.63, 3.8) is 0 Å². The SMILES string of the molecule is COc1ccc(NC(=O)C(C(N)=S)C(C)C)cc1Cl. The Morgan fingerprint density at radius 3 is 2.53 bits per heavy atom. The molecule has 4 nitrogen and oxygen atoms in total. The third-order valence-electron chi connectivity index (χ3n) is 2.67. The van der Waals surface area contributed by atoms with Crippen molar-refractivity contribution < 1.29 is 9.53 Å². The fourth-order valence-electron chi connectivity index (χ4n) is 1.72. The van der Waals surface area contributed by atoms with Gasteiger partial charge in [-0.05, 0) is 24.1 Å². The van der Waals surface area contributed by atoms with Crippen LogP contribution in [0.1, 0.15) is 13.8 Å². The number of rotatable bonds is 5. The number of carbonyl (C=O) groups excluding carboxylic acids is 1. The lowest BCUT2D eigenvalue weighted by atomic mass is 9.95. The van der Waals surface area contributed by atoms with Crippen LogP contribution in [0.25, 0.3) is 0 Å². The predicted octanol–water partition coefficient (Wildman–Crippen LogP) is 2.85. The van der Waals surface area contributed by atoms with Gasteiger partial charge in [0.2, 0.25) is 5.91 Å². The van der Waals surface area contributed by atoms with E-state index in [0.29, 0.717) is 16.5 Å². The summed E-state index contributed by atoms with van der Waals surface area (Å²) in [4.78, 5) is 12.3. The van der Waals surface area contributed by atoms with E-state index in [1.54, 1.807) is 18.2 Å². The molecule has 19 heavy (non-hydrogen) atoms. The second kappa shape index (κ2) is 6.73. The molecule has 0 aromatic heterocycles. The number of nitrogens with one attached hydrogen (secondary N) is 1. The van der Waals surface area contributed by atoms with Crippen LogP contribution in [0.3, 0.4) is 0 Å². The summed E-state index contributed by atoms with van der Waals surface area (Å²) in [6.45, 7) is 3.79. The quantitative estimate of drug-likeness (QED) is 0.821. The van der Waals surface area contributed by atoms with Gasteiger partial charge in [0.15, 0.2) is 0 Å². The van der Waals surface area contributed by atoms with Crippen molar-refractivity contribution in [1.29, 1.82) is 0 Å². The first-order valence-corrected chi connectivity index (χ1v) is 6.59. The molecule has 1 rings (SSSR count). The average molecular weight is 301 g/mol. The Bertz CT molecular complexity index is 492. The number of methoxy groups -OCH3 is 1. The molecule has 0 spiro atoms. The molecule has 1 aromatic carbocycles. The molecule has 104 valence electrons. The topological polar surface area (TPSA) is 64.3 Å². The van der Waals surface area contributed by atoms with Gasteiger partial charge in [-0.2, -0.15) is 0 Å². The van der Waals surface area contributed by atoms with Crippen LogP contribution < -0.4 is 15.8 Å². The number of carbonyl (C=O) groups is 1. The van der Waals surface area contributed by atoms with Gasteiger partial charge in [-0.15, -0.1) is 0 Å². The monoisotopic (exact) mass is 300 g/mol. The second-order valence-corrected chi connectivity index (χ2v) is 5.34. The summed E-state index contributed by atoms with van der Waals surface area (Å²) in [7, 11) is 1.53. The summed E-state index contributed by atoms with van der Waals surface area (Å²) < 4.78 is 5.04. The fraction of sp³-hybridized carbons (Fsp3) is 0.385. The molecule has 3 N–H and O–H groups in total. The molecule has 6 heteroatoms. The van der Waals surface area contributed by atoms with Crippen LogP contribution in [0.5, 0.6) is 5.75 Å². The van der Waals surface area contributed by atoms with Crippen molar-refractivity contribution in [3.8, 4) is 5.75 Å². The smallest absolute Gasteiger partial charge is 0.234 e. The summed E-state index contributed by atoms with van der Waals surface area (Å²) in [5.41, 5.74) is 6.17. The van der Waals surface area contributed by atoms with E-state index in [1.807, 2.05) is 13.8 Å². The zero-order valence-electron chi connectivity index (χ0n) is 11.1. The van der Waals surface area contributed by atoms with Crippen LogP contribution >= 0.6 is 23.8 Å². The third kappa shape index (κ3) is 4.08. The Labute approximate surface area is 123 Å². The maximum absolute atomic E-state index is 12.1. The van der Waals surface area contributed by atoms with Gasteiger partial charge in [0.25, 0.3) is 0 Å². The number of hydrogen-bond donors (Lipinski definition) is 2. The van der Waals surface area contributed by atoms with E-state index in [4.69, 9.17) is 34.3 Å². The zero-order chi connectivity index (χ0) is 14.6. The number of nitrogens with two attached hydrogens (primary N) is 1. The molecule has 0 heterocycles. The number of ether oxygens (including phenoxy) is 1. The molecular formula is C13H17ClN2O2S. The molecule has 0 radical (unpaired) electrons. The summed E-state index contributed by atoms with van der Waals surface area (Å²) in [6, 6.07) is 5.01. The molecule has 1 atom stereocenters. The second-order valence-electron chi connectivity index (χ2n) is 4.46. The molecule has 0 aliphatic heterocycles. The van der Waals surface area contributed by atoms with E-state index in [9.17, 15) is 4.79 Å². The predicted molar refractivity (Wildman–Crippen MR) is 81.7 cm³/mol. The highest BCUT2D eigenvalue weighted by Gasteiger charge is 2.25. The Hall–Kier alpha value is -1.33. The minimum Gasteiger partial charge on any atom is -0.495 e. The number of thiocarbonyl (C=S) groups is 1. The van der Waals surface area contributed by atoms with E-state index >= 15 is 0 Å². The van der Waals surface area contributed by atoms with E-state index < -0.39 is 5.92 Å². The minimum atomic E-state index is -0.504. The van der Waals surface area contributed by atoms with Gasteiger partial charge < -0.3 is 15.8 Å². The van der Waals surface area contributed by atoms with Crippen molar-refractivity contribution in [2.24, 2.45) is 17.6 Å². The largest absolute Gasteiger partial charge is 0.495 e. The molecular weight excluding hydrogens is 284 g/mol. The van der Waals surface area contributed by atoms with Gasteiger partial charge in [-0.3, -0.25) is 4.79 Å². The third-order valence-corrected chi connectivity index (χ3v) is 3.22. The van der Waals surface area contributed by atoms with E-state index in [-0.39, 0.29) is 16.8 Å². The molecule has 1 aromatic rings.